The van der Waals surface area contributed by atoms with Crippen LogP contribution in [0.3, 0.4) is 0 Å². The maximum absolute atomic E-state index is 6.26. The van der Waals surface area contributed by atoms with Gasteiger partial charge in [-0.2, -0.15) is 0 Å². The van der Waals surface area contributed by atoms with E-state index in [2.05, 4.69) is 94.1 Å². The van der Waals surface area contributed by atoms with Gasteiger partial charge in [-0.25, -0.2) is 11.7 Å². The molecule has 2 rings (SSSR count). The van der Waals surface area contributed by atoms with E-state index in [9.17, 15) is 0 Å². The fraction of sp³-hybridized carbons (Fsp3) is 0.556. The number of halogens is 2. The van der Waals surface area contributed by atoms with Crippen LogP contribution in [0.5, 0.6) is 11.5 Å². The molecule has 0 fully saturated rings. The van der Waals surface area contributed by atoms with E-state index in [4.69, 9.17) is 32.6 Å². The van der Waals surface area contributed by atoms with Gasteiger partial charge in [0.25, 0.3) is 0 Å². The molecule has 12 heteroatoms. The van der Waals surface area contributed by atoms with Gasteiger partial charge in [-0.1, -0.05) is 25.0 Å². The third-order valence-corrected chi connectivity index (χ3v) is 8.91. The summed E-state index contributed by atoms with van der Waals surface area (Å²) >= 11 is 7.26. The van der Waals surface area contributed by atoms with Crippen molar-refractivity contribution >= 4 is 31.9 Å². The van der Waals surface area contributed by atoms with Gasteiger partial charge in [-0.15, -0.1) is 0 Å². The number of nitrogens with two attached hydrogens (primary N) is 4. The Bertz CT molecular complexity index is 1160. The van der Waals surface area contributed by atoms with Crippen molar-refractivity contribution in [2.75, 3.05) is 67.6 Å². The van der Waals surface area contributed by atoms with Crippen LogP contribution >= 0.6 is 31.9 Å². The second kappa shape index (κ2) is 23.8. The minimum Gasteiger partial charge on any atom is -0.492 e. The lowest BCUT2D eigenvalue weighted by Crippen LogP contribution is -2.28. The minimum atomic E-state index is 0.677. The summed E-state index contributed by atoms with van der Waals surface area (Å²) in [4.78, 5) is 4.31. The zero-order valence-corrected chi connectivity index (χ0v) is 32.8. The normalized spacial score (nSPS) is 12.2. The number of allylic oxidation sites excluding steroid dienone is 2. The van der Waals surface area contributed by atoms with Crippen molar-refractivity contribution in [3.63, 3.8) is 0 Å². The highest BCUT2D eigenvalue weighted by Crippen LogP contribution is 2.27. The first-order valence-corrected chi connectivity index (χ1v) is 18.6. The number of hydrogen-bond donors (Lipinski definition) is 4. The van der Waals surface area contributed by atoms with Gasteiger partial charge in [0.05, 0.1) is 22.2 Å². The minimum absolute atomic E-state index is 0.677. The predicted octanol–water partition coefficient (Wildman–Crippen LogP) is 5.95. The van der Waals surface area contributed by atoms with E-state index in [0.29, 0.717) is 26.3 Å². The summed E-state index contributed by atoms with van der Waals surface area (Å²) < 4.78 is 13.7. The number of hydrazine groups is 2. The van der Waals surface area contributed by atoms with E-state index in [1.165, 1.54) is 11.1 Å². The summed E-state index contributed by atoms with van der Waals surface area (Å²) in [5.41, 5.74) is 16.5. The fourth-order valence-electron chi connectivity index (χ4n) is 4.97. The summed E-state index contributed by atoms with van der Waals surface area (Å²) in [6.07, 6.45) is 13.1. The van der Waals surface area contributed by atoms with Crippen molar-refractivity contribution in [3.8, 4) is 11.5 Å². The molecule has 0 saturated carbocycles. The molecule has 0 atom stereocenters. The Morgan fingerprint density at radius 3 is 1.35 bits per heavy atom. The summed E-state index contributed by atoms with van der Waals surface area (Å²) in [6, 6.07) is 12.4. The van der Waals surface area contributed by atoms with E-state index >= 15 is 0 Å². The van der Waals surface area contributed by atoms with Gasteiger partial charge in [0, 0.05) is 50.0 Å². The fourth-order valence-corrected chi connectivity index (χ4v) is 6.05. The molecule has 2 aromatic rings. The lowest BCUT2D eigenvalue weighted by molar-refractivity contribution is 0.280. The van der Waals surface area contributed by atoms with Gasteiger partial charge in [-0.05, 0) is 147 Å². The summed E-state index contributed by atoms with van der Waals surface area (Å²) in [7, 11) is 8.27. The second-order valence-electron chi connectivity index (χ2n) is 12.8. The van der Waals surface area contributed by atoms with Crippen molar-refractivity contribution in [1.29, 1.82) is 0 Å². The third-order valence-electron chi connectivity index (χ3n) is 7.67. The molecule has 48 heavy (non-hydrogen) atoms. The number of ether oxygens (including phenoxy) is 2. The molecule has 0 bridgehead atoms. The topological polar surface area (TPSA) is 136 Å². The van der Waals surface area contributed by atoms with E-state index in [-0.39, 0.29) is 0 Å². The molecule has 0 amide bonds. The Morgan fingerprint density at radius 1 is 0.604 bits per heavy atom. The highest BCUT2D eigenvalue weighted by molar-refractivity contribution is 9.10. The first kappa shape index (κ1) is 41.7. The molecule has 0 aliphatic carbocycles. The molecule has 0 heterocycles. The molecular formula is C36H60Br2N8O2. The Labute approximate surface area is 306 Å². The molecule has 0 spiro atoms. The van der Waals surface area contributed by atoms with Gasteiger partial charge in [-0.3, -0.25) is 0 Å². The molecule has 0 saturated heterocycles. The lowest BCUT2D eigenvalue weighted by atomic mass is 10.1. The second-order valence-corrected chi connectivity index (χ2v) is 14.5. The monoisotopic (exact) mass is 794 g/mol. The smallest absolute Gasteiger partial charge is 0.133 e. The Balaban J connectivity index is 1.59. The molecule has 10 nitrogen and oxygen atoms in total. The third kappa shape index (κ3) is 18.9. The van der Waals surface area contributed by atoms with Crippen LogP contribution in [0.15, 0.2) is 69.1 Å². The molecule has 0 aromatic heterocycles. The zero-order valence-electron chi connectivity index (χ0n) is 29.6. The van der Waals surface area contributed by atoms with Crippen molar-refractivity contribution in [3.05, 3.63) is 80.3 Å². The largest absolute Gasteiger partial charge is 0.492 e. The van der Waals surface area contributed by atoms with Crippen molar-refractivity contribution in [2.45, 2.75) is 64.2 Å². The first-order chi connectivity index (χ1) is 22.9. The molecule has 0 aliphatic heterocycles. The van der Waals surface area contributed by atoms with Crippen molar-refractivity contribution in [2.24, 2.45) is 23.2 Å². The van der Waals surface area contributed by atoms with E-state index in [1.807, 2.05) is 24.5 Å². The number of rotatable bonds is 25. The number of nitrogens with zero attached hydrogens (tertiary/aromatic N) is 4. The maximum atomic E-state index is 6.26. The van der Waals surface area contributed by atoms with E-state index < -0.39 is 0 Å². The number of benzene rings is 2. The summed E-state index contributed by atoms with van der Waals surface area (Å²) in [6.45, 7) is 4.75. The maximum Gasteiger partial charge on any atom is 0.133 e. The van der Waals surface area contributed by atoms with Crippen LogP contribution in [0.2, 0.25) is 0 Å². The van der Waals surface area contributed by atoms with Gasteiger partial charge in [0.1, 0.15) is 11.5 Å². The van der Waals surface area contributed by atoms with E-state index in [1.54, 1.807) is 10.0 Å². The average molecular weight is 797 g/mol. The highest BCUT2D eigenvalue weighted by atomic mass is 79.9. The molecular weight excluding hydrogens is 736 g/mol. The van der Waals surface area contributed by atoms with E-state index in [0.717, 1.165) is 109 Å². The lowest BCUT2D eigenvalue weighted by Gasteiger charge is -2.16. The summed E-state index contributed by atoms with van der Waals surface area (Å²) in [5, 5.41) is 3.35. The van der Waals surface area contributed by atoms with Crippen LogP contribution in [0.1, 0.15) is 62.5 Å². The predicted molar refractivity (Wildman–Crippen MR) is 207 cm³/mol. The molecule has 8 N–H and O–H groups in total. The van der Waals surface area contributed by atoms with Crippen LogP contribution in [-0.2, 0) is 12.8 Å². The first-order valence-electron chi connectivity index (χ1n) is 17.0. The van der Waals surface area contributed by atoms with Crippen molar-refractivity contribution in [1.82, 2.24) is 19.8 Å². The van der Waals surface area contributed by atoms with Gasteiger partial charge in [0.15, 0.2) is 0 Å². The van der Waals surface area contributed by atoms with Crippen molar-refractivity contribution < 1.29 is 9.47 Å². The standard InChI is InChI=1S/C36H60Br2N8O2/c1-43(2)19-9-23-47-35-15-13-29(25-33(35)37)17-21-45(41)27-31(39)11-7-5-6-8-12-32(40)28-46(42)22-18-30-14-16-36(34(38)26-30)48-24-10-20-44(3)4/h13-16,25-28H,5-12,17-24,39-42H2,1-4H3/b31-27-,32-28-. The highest BCUT2D eigenvalue weighted by Gasteiger charge is 2.07. The molecule has 270 valence electrons. The average Bonchev–Trinajstić information content (AvgIpc) is 3.02. The molecule has 0 radical (unpaired) electrons. The molecule has 0 aliphatic rings. The number of hydrogen-bond acceptors (Lipinski definition) is 10. The van der Waals surface area contributed by atoms with Crippen LogP contribution in [0.4, 0.5) is 0 Å². The molecule has 0 unspecified atom stereocenters. The van der Waals surface area contributed by atoms with Crippen LogP contribution in [-0.4, -0.2) is 87.4 Å². The zero-order chi connectivity index (χ0) is 35.3. The van der Waals surface area contributed by atoms with Crippen LogP contribution in [0.25, 0.3) is 0 Å². The SMILES string of the molecule is CN(C)CCCOc1ccc(CCN(N)/C=C(\N)CCCCCC/C(N)=C/N(N)CCc2ccc(OCCCN(C)C)c(Br)c2)cc1Br. The van der Waals surface area contributed by atoms with Crippen LogP contribution < -0.4 is 32.6 Å². The summed E-state index contributed by atoms with van der Waals surface area (Å²) in [5.74, 6) is 14.2. The van der Waals surface area contributed by atoms with Gasteiger partial charge < -0.3 is 40.8 Å². The Morgan fingerprint density at radius 2 is 1.00 bits per heavy atom. The Kier molecular flexibility index (Phi) is 20.7. The van der Waals surface area contributed by atoms with Gasteiger partial charge >= 0.3 is 0 Å². The quantitative estimate of drug-likeness (QED) is 0.0543. The molecule has 2 aromatic carbocycles. The Hall–Kier alpha value is -2.48. The van der Waals surface area contributed by atoms with Gasteiger partial charge in [0.2, 0.25) is 0 Å². The number of unbranched alkanes of at least 4 members (excludes halogenated alkanes) is 3. The van der Waals surface area contributed by atoms with Crippen LogP contribution in [0, 0.1) is 0 Å².